The van der Waals surface area contributed by atoms with Crippen LogP contribution in [-0.2, 0) is 22.6 Å². The van der Waals surface area contributed by atoms with Crippen molar-refractivity contribution < 1.29 is 9.53 Å². The normalized spacial score (nSPS) is 15.6. The van der Waals surface area contributed by atoms with Crippen LogP contribution in [0.3, 0.4) is 0 Å². The Hall–Kier alpha value is -3.13. The van der Waals surface area contributed by atoms with Gasteiger partial charge < -0.3 is 15.4 Å². The second-order valence-corrected chi connectivity index (χ2v) is 7.07. The number of H-pyrrole nitrogens is 1. The van der Waals surface area contributed by atoms with Crippen molar-refractivity contribution >= 4 is 17.4 Å². The van der Waals surface area contributed by atoms with E-state index in [1.165, 1.54) is 16.6 Å². The van der Waals surface area contributed by atoms with Gasteiger partial charge in [-0.1, -0.05) is 42.5 Å². The molecule has 0 spiro atoms. The number of nitrogens with zero attached hydrogens (tertiary/aromatic N) is 2. The van der Waals surface area contributed by atoms with Gasteiger partial charge in [0.1, 0.15) is 5.82 Å². The highest BCUT2D eigenvalue weighted by Crippen LogP contribution is 2.25. The molecule has 3 N–H and O–H groups in total. The van der Waals surface area contributed by atoms with Crippen molar-refractivity contribution in [2.45, 2.75) is 32.4 Å². The molecule has 8 nitrogen and oxygen atoms in total. The number of ether oxygens (including phenoxy) is 1. The first-order valence-corrected chi connectivity index (χ1v) is 9.63. The lowest BCUT2D eigenvalue weighted by Gasteiger charge is -2.25. The number of nitrogen functional groups attached to an aromatic ring is 1. The third-order valence-electron chi connectivity index (χ3n) is 5.04. The molecule has 1 atom stereocenters. The predicted molar refractivity (Wildman–Crippen MR) is 112 cm³/mol. The Morgan fingerprint density at radius 2 is 2.07 bits per heavy atom. The minimum Gasteiger partial charge on any atom is -0.383 e. The van der Waals surface area contributed by atoms with Crippen LogP contribution in [0, 0.1) is 5.92 Å². The highest BCUT2D eigenvalue weighted by molar-refractivity contribution is 5.95. The zero-order valence-corrected chi connectivity index (χ0v) is 16.5. The molecule has 1 aromatic heterocycles. The first-order valence-electron chi connectivity index (χ1n) is 9.63. The van der Waals surface area contributed by atoms with Crippen molar-refractivity contribution in [3.63, 3.8) is 0 Å². The zero-order valence-electron chi connectivity index (χ0n) is 16.5. The van der Waals surface area contributed by atoms with E-state index in [0.717, 1.165) is 18.4 Å². The molecule has 1 amide bonds. The third-order valence-corrected chi connectivity index (χ3v) is 5.04. The Labute approximate surface area is 168 Å². The van der Waals surface area contributed by atoms with Crippen LogP contribution in [0.25, 0.3) is 0 Å². The van der Waals surface area contributed by atoms with E-state index in [4.69, 9.17) is 10.5 Å². The van der Waals surface area contributed by atoms with Gasteiger partial charge in [0, 0.05) is 13.5 Å². The molecular weight excluding hydrogens is 372 g/mol. The van der Waals surface area contributed by atoms with Gasteiger partial charge >= 0.3 is 5.69 Å². The van der Waals surface area contributed by atoms with E-state index in [1.54, 1.807) is 0 Å². The monoisotopic (exact) mass is 398 g/mol. The summed E-state index contributed by atoms with van der Waals surface area (Å²) in [5.74, 6) is -0.109. The van der Waals surface area contributed by atoms with Gasteiger partial charge in [0.15, 0.2) is 5.69 Å². The highest BCUT2D eigenvalue weighted by atomic mass is 16.5. The lowest BCUT2D eigenvalue weighted by atomic mass is 10.0. The van der Waals surface area contributed by atoms with Gasteiger partial charge in [-0.3, -0.25) is 19.1 Å². The van der Waals surface area contributed by atoms with Crippen molar-refractivity contribution in [1.29, 1.82) is 0 Å². The van der Waals surface area contributed by atoms with Gasteiger partial charge in [-0.05, 0) is 24.3 Å². The van der Waals surface area contributed by atoms with Gasteiger partial charge in [0.25, 0.3) is 5.56 Å². The van der Waals surface area contributed by atoms with Crippen LogP contribution in [0.15, 0.2) is 52.1 Å². The quantitative estimate of drug-likeness (QED) is 0.657. The lowest BCUT2D eigenvalue weighted by Crippen LogP contribution is -2.41. The minimum atomic E-state index is -0.674. The number of carbonyl (C=O) groups is 1. The molecule has 0 radical (unpaired) electrons. The largest absolute Gasteiger partial charge is 0.383 e. The Bertz CT molecular complexity index is 994. The predicted octanol–water partition coefficient (Wildman–Crippen LogP) is 1.65. The molecule has 8 heteroatoms. The van der Waals surface area contributed by atoms with Crippen molar-refractivity contribution in [3.8, 4) is 0 Å². The molecule has 1 aliphatic carbocycles. The summed E-state index contributed by atoms with van der Waals surface area (Å²) in [6, 6.07) is 9.36. The van der Waals surface area contributed by atoms with E-state index in [9.17, 15) is 14.4 Å². The molecule has 1 aromatic carbocycles. The minimum absolute atomic E-state index is 0.00321. The fraction of sp³-hybridized carbons (Fsp3) is 0.381. The molecule has 0 saturated carbocycles. The number of aromatic nitrogens is 2. The SMILES string of the molecule is COCCn1c(N)c(N(Cc2ccccc2)C(=O)C[C@@H]2C=CCC2)c(=O)[nH]c1=O. The summed E-state index contributed by atoms with van der Waals surface area (Å²) in [6.07, 6.45) is 6.22. The molecule has 0 saturated heterocycles. The Balaban J connectivity index is 2.02. The first kappa shape index (κ1) is 20.6. The molecule has 154 valence electrons. The topological polar surface area (TPSA) is 110 Å². The number of nitrogens with one attached hydrogen (secondary N) is 1. The van der Waals surface area contributed by atoms with Gasteiger partial charge in [-0.25, -0.2) is 4.79 Å². The summed E-state index contributed by atoms with van der Waals surface area (Å²) in [5, 5.41) is 0. The Morgan fingerprint density at radius 3 is 2.72 bits per heavy atom. The summed E-state index contributed by atoms with van der Waals surface area (Å²) in [7, 11) is 1.51. The maximum absolute atomic E-state index is 13.2. The summed E-state index contributed by atoms with van der Waals surface area (Å²) >= 11 is 0. The van der Waals surface area contributed by atoms with Crippen molar-refractivity contribution in [1.82, 2.24) is 9.55 Å². The number of hydrogen-bond acceptors (Lipinski definition) is 5. The number of methoxy groups -OCH3 is 1. The van der Waals surface area contributed by atoms with Gasteiger partial charge in [-0.15, -0.1) is 0 Å². The summed E-state index contributed by atoms with van der Waals surface area (Å²) in [6.45, 7) is 0.602. The molecule has 0 fully saturated rings. The number of allylic oxidation sites excluding steroid dienone is 2. The van der Waals surface area contributed by atoms with Gasteiger partial charge in [-0.2, -0.15) is 0 Å². The average Bonchev–Trinajstić information content (AvgIpc) is 3.20. The molecule has 2 aromatic rings. The van der Waals surface area contributed by atoms with Crippen LogP contribution in [0.4, 0.5) is 11.5 Å². The van der Waals surface area contributed by atoms with Crippen molar-refractivity contribution in [3.05, 3.63) is 68.9 Å². The molecular formula is C21H26N4O4. The van der Waals surface area contributed by atoms with E-state index >= 15 is 0 Å². The zero-order chi connectivity index (χ0) is 20.8. The second-order valence-electron chi connectivity index (χ2n) is 7.07. The number of benzene rings is 1. The summed E-state index contributed by atoms with van der Waals surface area (Å²) in [5.41, 5.74) is 5.76. The van der Waals surface area contributed by atoms with Crippen LogP contribution < -0.4 is 21.9 Å². The Morgan fingerprint density at radius 1 is 1.31 bits per heavy atom. The lowest BCUT2D eigenvalue weighted by molar-refractivity contribution is -0.119. The second kappa shape index (κ2) is 9.38. The molecule has 29 heavy (non-hydrogen) atoms. The van der Waals surface area contributed by atoms with Gasteiger partial charge in [0.2, 0.25) is 5.91 Å². The van der Waals surface area contributed by atoms with Crippen molar-refractivity contribution in [2.75, 3.05) is 24.4 Å². The maximum atomic E-state index is 13.2. The standard InChI is InChI=1S/C21H26N4O4/c1-29-12-11-24-19(22)18(20(27)23-21(24)28)25(14-16-9-3-2-4-10-16)17(26)13-15-7-5-6-8-15/h2-5,7,9-10,15H,6,8,11-14,22H2,1H3,(H,23,27,28)/t15-/m1/s1. The number of rotatable bonds is 8. The number of amides is 1. The number of aromatic amines is 1. The van der Waals surface area contributed by atoms with E-state index in [1.807, 2.05) is 36.4 Å². The van der Waals surface area contributed by atoms with Gasteiger partial charge in [0.05, 0.1) is 19.7 Å². The van der Waals surface area contributed by atoms with E-state index in [2.05, 4.69) is 11.1 Å². The fourth-order valence-electron chi connectivity index (χ4n) is 3.50. The third kappa shape index (κ3) is 4.83. The van der Waals surface area contributed by atoms with E-state index in [0.29, 0.717) is 0 Å². The molecule has 3 rings (SSSR count). The molecule has 0 unspecified atom stereocenters. The number of carbonyl (C=O) groups excluding carboxylic acids is 1. The highest BCUT2D eigenvalue weighted by Gasteiger charge is 2.26. The van der Waals surface area contributed by atoms with Crippen molar-refractivity contribution in [2.24, 2.45) is 5.92 Å². The first-order chi connectivity index (χ1) is 14.0. The summed E-state index contributed by atoms with van der Waals surface area (Å²) in [4.78, 5) is 41.7. The molecule has 0 aliphatic heterocycles. The van der Waals surface area contributed by atoms with Crippen LogP contribution in [-0.4, -0.2) is 29.2 Å². The van der Waals surface area contributed by atoms with Crippen LogP contribution in [0.1, 0.15) is 24.8 Å². The van der Waals surface area contributed by atoms with Crippen LogP contribution >= 0.6 is 0 Å². The average molecular weight is 398 g/mol. The van der Waals surface area contributed by atoms with Crippen LogP contribution in [0.2, 0.25) is 0 Å². The summed E-state index contributed by atoms with van der Waals surface area (Å²) < 4.78 is 6.25. The molecule has 1 aliphatic rings. The number of anilines is 2. The van der Waals surface area contributed by atoms with E-state index < -0.39 is 11.2 Å². The molecule has 0 bridgehead atoms. The maximum Gasteiger partial charge on any atom is 0.330 e. The van der Waals surface area contributed by atoms with E-state index in [-0.39, 0.29) is 49.4 Å². The smallest absolute Gasteiger partial charge is 0.330 e. The number of hydrogen-bond donors (Lipinski definition) is 2. The fourth-order valence-corrected chi connectivity index (χ4v) is 3.50. The number of nitrogens with two attached hydrogens (primary N) is 1. The molecule has 1 heterocycles. The Kier molecular flexibility index (Phi) is 6.66. The van der Waals surface area contributed by atoms with Crippen LogP contribution in [0.5, 0.6) is 0 Å².